The van der Waals surface area contributed by atoms with E-state index in [0.29, 0.717) is 5.94 Å². The molecule has 9 heavy (non-hydrogen) atoms. The van der Waals surface area contributed by atoms with Crippen LogP contribution in [0.5, 0.6) is 5.75 Å². The van der Waals surface area contributed by atoms with Gasteiger partial charge in [0.2, 0.25) is 0 Å². The smallest absolute Gasteiger partial charge is 0.131 e. The number of benzene rings is 1. The Bertz CT molecular complexity index is 162. The number of rotatable bonds is 2. The first-order valence-electron chi connectivity index (χ1n) is 2.63. The predicted octanol–water partition coefficient (Wildman–Crippen LogP) is 1.75. The van der Waals surface area contributed by atoms with E-state index in [0.717, 1.165) is 5.75 Å². The largest absolute Gasteiger partial charge is 0.483 e. The van der Waals surface area contributed by atoms with Crippen LogP contribution in [0.4, 0.5) is 0 Å². The Balaban J connectivity index is 2.61. The fraction of sp³-hybridized carbons (Fsp3) is 0.143. The monoisotopic (exact) mass is 139 g/mol. The normalized spacial score (nSPS) is 9.00. The van der Waals surface area contributed by atoms with Gasteiger partial charge in [0.05, 0.1) is 0 Å². The fourth-order valence-corrected chi connectivity index (χ4v) is 0.690. The maximum absolute atomic E-state index is 5.04. The van der Waals surface area contributed by atoms with Crippen LogP contribution in [0.25, 0.3) is 0 Å². The lowest BCUT2D eigenvalue weighted by Gasteiger charge is -1.98. The molecule has 0 saturated carbocycles. The molecule has 0 bridgehead atoms. The van der Waals surface area contributed by atoms with Crippen LogP contribution >= 0.6 is 12.6 Å². The minimum Gasteiger partial charge on any atom is -0.483 e. The standard InChI is InChI=1S/C7H7OS/c9-6-8-7-4-2-1-3-5-7/h1-2,4-5,9H,6H2. The number of thiol groups is 1. The molecule has 0 unspecified atom stereocenters. The molecule has 0 spiro atoms. The van der Waals surface area contributed by atoms with Crippen molar-refractivity contribution in [3.8, 4) is 5.75 Å². The van der Waals surface area contributed by atoms with Gasteiger partial charge < -0.3 is 4.74 Å². The summed E-state index contributed by atoms with van der Waals surface area (Å²) in [6, 6.07) is 10.2. The second-order valence-corrected chi connectivity index (χ2v) is 1.77. The summed E-state index contributed by atoms with van der Waals surface area (Å²) in [7, 11) is 0. The van der Waals surface area contributed by atoms with Crippen molar-refractivity contribution in [3.05, 3.63) is 30.3 Å². The molecule has 0 aliphatic heterocycles. The van der Waals surface area contributed by atoms with E-state index in [1.54, 1.807) is 6.07 Å². The van der Waals surface area contributed by atoms with Crippen LogP contribution in [0.2, 0.25) is 0 Å². The molecular formula is C7H7OS. The summed E-state index contributed by atoms with van der Waals surface area (Å²) in [5.41, 5.74) is 0. The summed E-state index contributed by atoms with van der Waals surface area (Å²) in [6.45, 7) is 0. The molecule has 0 heterocycles. The van der Waals surface area contributed by atoms with Crippen molar-refractivity contribution in [1.82, 2.24) is 0 Å². The Hall–Kier alpha value is -0.630. The Morgan fingerprint density at radius 3 is 3.11 bits per heavy atom. The summed E-state index contributed by atoms with van der Waals surface area (Å²) >= 11 is 3.90. The van der Waals surface area contributed by atoms with Gasteiger partial charge in [-0.25, -0.2) is 0 Å². The van der Waals surface area contributed by atoms with E-state index in [2.05, 4.69) is 18.7 Å². The molecule has 0 N–H and O–H groups in total. The molecular weight excluding hydrogens is 132 g/mol. The first-order chi connectivity index (χ1) is 4.43. The minimum atomic E-state index is 0.415. The Morgan fingerprint density at radius 1 is 1.67 bits per heavy atom. The summed E-state index contributed by atoms with van der Waals surface area (Å²) in [5.74, 6) is 1.23. The molecule has 0 atom stereocenters. The van der Waals surface area contributed by atoms with Gasteiger partial charge in [0.1, 0.15) is 11.7 Å². The quantitative estimate of drug-likeness (QED) is 0.485. The van der Waals surface area contributed by atoms with Crippen LogP contribution < -0.4 is 4.74 Å². The van der Waals surface area contributed by atoms with Crippen molar-refractivity contribution in [3.63, 3.8) is 0 Å². The van der Waals surface area contributed by atoms with E-state index in [9.17, 15) is 0 Å². The molecule has 1 rings (SSSR count). The number of hydrogen-bond acceptors (Lipinski definition) is 2. The van der Waals surface area contributed by atoms with Gasteiger partial charge in [-0.2, -0.15) is 0 Å². The zero-order valence-corrected chi connectivity index (χ0v) is 5.77. The number of hydrogen-bond donors (Lipinski definition) is 1. The second kappa shape index (κ2) is 3.41. The van der Waals surface area contributed by atoms with Crippen molar-refractivity contribution >= 4 is 12.6 Å². The highest BCUT2D eigenvalue weighted by atomic mass is 32.1. The highest BCUT2D eigenvalue weighted by molar-refractivity contribution is 7.80. The van der Waals surface area contributed by atoms with Crippen molar-refractivity contribution in [1.29, 1.82) is 0 Å². The first kappa shape index (κ1) is 6.49. The zero-order valence-electron chi connectivity index (χ0n) is 4.87. The van der Waals surface area contributed by atoms with Gasteiger partial charge in [0.25, 0.3) is 0 Å². The molecule has 1 aromatic carbocycles. The molecule has 0 amide bonds. The van der Waals surface area contributed by atoms with Crippen molar-refractivity contribution in [2.45, 2.75) is 0 Å². The average molecular weight is 139 g/mol. The van der Waals surface area contributed by atoms with Gasteiger partial charge >= 0.3 is 0 Å². The molecule has 2 heteroatoms. The van der Waals surface area contributed by atoms with E-state index in [-0.39, 0.29) is 0 Å². The van der Waals surface area contributed by atoms with Crippen LogP contribution in [-0.4, -0.2) is 5.94 Å². The summed E-state index contributed by atoms with van der Waals surface area (Å²) < 4.78 is 5.04. The molecule has 0 aliphatic rings. The molecule has 1 nitrogen and oxygen atoms in total. The van der Waals surface area contributed by atoms with Crippen molar-refractivity contribution < 1.29 is 4.74 Å². The van der Waals surface area contributed by atoms with Crippen LogP contribution in [0.3, 0.4) is 0 Å². The van der Waals surface area contributed by atoms with Crippen molar-refractivity contribution in [2.75, 3.05) is 5.94 Å². The SMILES string of the molecule is SCOc1c[c]ccc1. The maximum Gasteiger partial charge on any atom is 0.131 e. The fourth-order valence-electron chi connectivity index (χ4n) is 0.541. The van der Waals surface area contributed by atoms with E-state index in [1.807, 2.05) is 18.2 Å². The second-order valence-electron chi connectivity index (χ2n) is 1.51. The van der Waals surface area contributed by atoms with Gasteiger partial charge in [0, 0.05) is 0 Å². The van der Waals surface area contributed by atoms with E-state index in [1.165, 1.54) is 0 Å². The van der Waals surface area contributed by atoms with E-state index >= 15 is 0 Å². The lowest BCUT2D eigenvalue weighted by Crippen LogP contribution is -1.86. The first-order valence-corrected chi connectivity index (χ1v) is 3.26. The highest BCUT2D eigenvalue weighted by Gasteiger charge is 1.84. The Kier molecular flexibility index (Phi) is 2.46. The van der Waals surface area contributed by atoms with E-state index in [4.69, 9.17) is 4.74 Å². The third kappa shape index (κ3) is 1.98. The van der Waals surface area contributed by atoms with Crippen LogP contribution in [-0.2, 0) is 0 Å². The molecule has 47 valence electrons. The third-order valence-corrected chi connectivity index (χ3v) is 1.04. The molecule has 0 saturated heterocycles. The minimum absolute atomic E-state index is 0.415. The maximum atomic E-state index is 5.04. The molecule has 0 aromatic heterocycles. The van der Waals surface area contributed by atoms with Crippen LogP contribution in [0.15, 0.2) is 24.3 Å². The third-order valence-electron chi connectivity index (χ3n) is 0.910. The number of ether oxygens (including phenoxy) is 1. The summed E-state index contributed by atoms with van der Waals surface area (Å²) in [5, 5.41) is 0. The van der Waals surface area contributed by atoms with Crippen LogP contribution in [0, 0.1) is 6.07 Å². The van der Waals surface area contributed by atoms with Crippen molar-refractivity contribution in [2.24, 2.45) is 0 Å². The lowest BCUT2D eigenvalue weighted by atomic mass is 10.3. The van der Waals surface area contributed by atoms with E-state index < -0.39 is 0 Å². The van der Waals surface area contributed by atoms with Gasteiger partial charge in [-0.05, 0) is 18.2 Å². The Morgan fingerprint density at radius 2 is 2.56 bits per heavy atom. The highest BCUT2D eigenvalue weighted by Crippen LogP contribution is 2.07. The van der Waals surface area contributed by atoms with Gasteiger partial charge in [-0.1, -0.05) is 12.1 Å². The van der Waals surface area contributed by atoms with Crippen LogP contribution in [0.1, 0.15) is 0 Å². The Labute approximate surface area is 60.1 Å². The molecule has 1 aromatic rings. The van der Waals surface area contributed by atoms with Gasteiger partial charge in [-0.3, -0.25) is 0 Å². The average Bonchev–Trinajstić information content (AvgIpc) is 1.91. The molecule has 0 fully saturated rings. The van der Waals surface area contributed by atoms with Gasteiger partial charge in [-0.15, -0.1) is 12.6 Å². The predicted molar refractivity (Wildman–Crippen MR) is 39.8 cm³/mol. The summed E-state index contributed by atoms with van der Waals surface area (Å²) in [6.07, 6.45) is 0. The topological polar surface area (TPSA) is 9.23 Å². The molecule has 1 radical (unpaired) electrons. The zero-order chi connectivity index (χ0) is 6.53. The van der Waals surface area contributed by atoms with Gasteiger partial charge in [0.15, 0.2) is 0 Å². The molecule has 0 aliphatic carbocycles. The lowest BCUT2D eigenvalue weighted by molar-refractivity contribution is 0.394. The summed E-state index contributed by atoms with van der Waals surface area (Å²) in [4.78, 5) is 0.